The number of nitrogens with zero attached hydrogens (tertiary/aromatic N) is 3. The van der Waals surface area contributed by atoms with Crippen LogP contribution in [0.3, 0.4) is 0 Å². The maximum Gasteiger partial charge on any atom is 0.224 e. The summed E-state index contributed by atoms with van der Waals surface area (Å²) in [5.41, 5.74) is 6.99. The van der Waals surface area contributed by atoms with Gasteiger partial charge < -0.3 is 16.0 Å². The fraction of sp³-hybridized carbons (Fsp3) is 0.444. The predicted molar refractivity (Wildman–Crippen MR) is 67.6 cm³/mol. The van der Waals surface area contributed by atoms with Gasteiger partial charge in [-0.1, -0.05) is 6.92 Å². The highest BCUT2D eigenvalue weighted by Crippen LogP contribution is 2.17. The molecule has 0 amide bonds. The van der Waals surface area contributed by atoms with E-state index in [1.807, 2.05) is 0 Å². The van der Waals surface area contributed by atoms with Crippen molar-refractivity contribution in [1.29, 1.82) is 0 Å². The summed E-state index contributed by atoms with van der Waals surface area (Å²) in [4.78, 5) is 15.2. The molecule has 0 aromatic carbocycles. The third-order valence-electron chi connectivity index (χ3n) is 2.26. The summed E-state index contributed by atoms with van der Waals surface area (Å²) >= 11 is 1.79. The fourth-order valence-electron chi connectivity index (χ4n) is 1.30. The maximum atomic E-state index is 5.60. The highest BCUT2D eigenvalue weighted by Gasteiger charge is 2.08. The van der Waals surface area contributed by atoms with Crippen molar-refractivity contribution in [3.8, 4) is 0 Å². The van der Waals surface area contributed by atoms with Gasteiger partial charge in [-0.3, -0.25) is 0 Å². The molecule has 0 saturated carbocycles. The number of hydrogen-bond acceptors (Lipinski definition) is 6. The molecule has 0 aliphatic heterocycles. The van der Waals surface area contributed by atoms with Gasteiger partial charge in [-0.25, -0.2) is 4.98 Å². The van der Waals surface area contributed by atoms with Crippen LogP contribution in [0.1, 0.15) is 6.92 Å². The van der Waals surface area contributed by atoms with Crippen LogP contribution in [0, 0.1) is 0 Å². The first kappa shape index (κ1) is 11.0. The van der Waals surface area contributed by atoms with Crippen LogP contribution in [-0.2, 0) is 0 Å². The van der Waals surface area contributed by atoms with Crippen LogP contribution in [0.2, 0.25) is 0 Å². The molecule has 0 bridgehead atoms. The van der Waals surface area contributed by atoms with Crippen LogP contribution in [0.4, 0.5) is 11.8 Å². The Morgan fingerprint density at radius 2 is 2.38 bits per heavy atom. The number of aromatic amines is 1. The van der Waals surface area contributed by atoms with Gasteiger partial charge >= 0.3 is 0 Å². The van der Waals surface area contributed by atoms with Crippen molar-refractivity contribution in [3.05, 3.63) is 6.33 Å². The Morgan fingerprint density at radius 3 is 3.12 bits per heavy atom. The number of nitrogens with two attached hydrogens (primary N) is 1. The number of aromatic nitrogens is 4. The summed E-state index contributed by atoms with van der Waals surface area (Å²) in [5.74, 6) is 0.944. The molecule has 0 saturated heterocycles. The lowest BCUT2D eigenvalue weighted by atomic mass is 10.4. The van der Waals surface area contributed by atoms with Crippen molar-refractivity contribution in [2.24, 2.45) is 0 Å². The van der Waals surface area contributed by atoms with Gasteiger partial charge in [-0.2, -0.15) is 21.7 Å². The lowest BCUT2D eigenvalue weighted by Crippen LogP contribution is -2.14. The monoisotopic (exact) mass is 238 g/mol. The molecule has 1 unspecified atom stereocenters. The van der Waals surface area contributed by atoms with E-state index in [1.54, 1.807) is 18.1 Å². The zero-order chi connectivity index (χ0) is 11.5. The number of nitrogen functional groups attached to an aromatic ring is 1. The van der Waals surface area contributed by atoms with Crippen molar-refractivity contribution >= 4 is 34.7 Å². The van der Waals surface area contributed by atoms with Gasteiger partial charge in [0, 0.05) is 11.8 Å². The highest BCUT2D eigenvalue weighted by atomic mass is 32.2. The Morgan fingerprint density at radius 1 is 1.56 bits per heavy atom. The van der Waals surface area contributed by atoms with E-state index in [2.05, 4.69) is 38.4 Å². The summed E-state index contributed by atoms with van der Waals surface area (Å²) < 4.78 is 0. The number of imidazole rings is 1. The van der Waals surface area contributed by atoms with Crippen molar-refractivity contribution in [2.45, 2.75) is 12.2 Å². The molecule has 86 valence electrons. The van der Waals surface area contributed by atoms with E-state index in [0.717, 1.165) is 12.1 Å². The van der Waals surface area contributed by atoms with Gasteiger partial charge in [0.1, 0.15) is 5.52 Å². The normalized spacial score (nSPS) is 12.9. The molecule has 1 atom stereocenters. The lowest BCUT2D eigenvalue weighted by Gasteiger charge is -2.10. The second-order valence-electron chi connectivity index (χ2n) is 3.46. The average Bonchev–Trinajstić information content (AvgIpc) is 2.73. The minimum Gasteiger partial charge on any atom is -0.368 e. The van der Waals surface area contributed by atoms with Gasteiger partial charge in [0.05, 0.1) is 6.33 Å². The molecule has 2 aromatic rings. The number of hydrogen-bond donors (Lipinski definition) is 3. The molecular formula is C9H14N6S. The second kappa shape index (κ2) is 4.56. The molecule has 2 rings (SSSR count). The highest BCUT2D eigenvalue weighted by molar-refractivity contribution is 7.99. The van der Waals surface area contributed by atoms with E-state index in [1.165, 1.54) is 0 Å². The van der Waals surface area contributed by atoms with Crippen LogP contribution in [0.25, 0.3) is 11.2 Å². The minimum absolute atomic E-state index is 0.235. The molecule has 7 heteroatoms. The number of rotatable bonds is 4. The van der Waals surface area contributed by atoms with Crippen LogP contribution >= 0.6 is 11.8 Å². The second-order valence-corrected chi connectivity index (χ2v) is 4.73. The van der Waals surface area contributed by atoms with Crippen molar-refractivity contribution in [3.63, 3.8) is 0 Å². The number of nitrogens with one attached hydrogen (secondary N) is 2. The number of anilines is 2. The zero-order valence-corrected chi connectivity index (χ0v) is 10.0. The van der Waals surface area contributed by atoms with E-state index in [4.69, 9.17) is 5.73 Å². The Kier molecular flexibility index (Phi) is 3.14. The molecule has 0 aliphatic carbocycles. The Labute approximate surface area is 97.5 Å². The molecule has 0 spiro atoms. The summed E-state index contributed by atoms with van der Waals surface area (Å²) in [7, 11) is 0. The Balaban J connectivity index is 2.25. The standard InChI is InChI=1S/C9H14N6S/c1-5(16-2)3-11-7-6-8(13-4-12-6)15-9(10)14-7/h4-5H,3H2,1-2H3,(H4,10,11,12,13,14,15). The predicted octanol–water partition coefficient (Wildman–Crippen LogP) is 1.10. The van der Waals surface area contributed by atoms with E-state index in [9.17, 15) is 0 Å². The zero-order valence-electron chi connectivity index (χ0n) is 9.19. The molecular weight excluding hydrogens is 224 g/mol. The van der Waals surface area contributed by atoms with E-state index in [-0.39, 0.29) is 5.95 Å². The van der Waals surface area contributed by atoms with Crippen molar-refractivity contribution in [2.75, 3.05) is 23.9 Å². The molecule has 0 aliphatic rings. The third kappa shape index (κ3) is 2.19. The first-order chi connectivity index (χ1) is 7.70. The van der Waals surface area contributed by atoms with Gasteiger partial charge in [0.2, 0.25) is 5.95 Å². The molecule has 0 fully saturated rings. The molecule has 4 N–H and O–H groups in total. The molecule has 16 heavy (non-hydrogen) atoms. The van der Waals surface area contributed by atoms with E-state index < -0.39 is 0 Å². The average molecular weight is 238 g/mol. The van der Waals surface area contributed by atoms with Crippen LogP contribution in [-0.4, -0.2) is 38.0 Å². The van der Waals surface area contributed by atoms with E-state index >= 15 is 0 Å². The topological polar surface area (TPSA) is 92.5 Å². The van der Waals surface area contributed by atoms with Crippen molar-refractivity contribution in [1.82, 2.24) is 19.9 Å². The Hall–Kier alpha value is -1.50. The first-order valence-electron chi connectivity index (χ1n) is 4.94. The quantitative estimate of drug-likeness (QED) is 0.738. The molecule has 2 heterocycles. The minimum atomic E-state index is 0.235. The van der Waals surface area contributed by atoms with Gasteiger partial charge in [0.15, 0.2) is 11.5 Å². The third-order valence-corrected chi connectivity index (χ3v) is 3.23. The molecule has 0 radical (unpaired) electrons. The van der Waals surface area contributed by atoms with Crippen LogP contribution < -0.4 is 11.1 Å². The van der Waals surface area contributed by atoms with Crippen molar-refractivity contribution < 1.29 is 0 Å². The first-order valence-corrected chi connectivity index (χ1v) is 6.22. The summed E-state index contributed by atoms with van der Waals surface area (Å²) in [6, 6.07) is 0. The smallest absolute Gasteiger partial charge is 0.224 e. The largest absolute Gasteiger partial charge is 0.368 e. The SMILES string of the molecule is CSC(C)CNc1nc(N)nc2nc[nH]c12. The van der Waals surface area contributed by atoms with Gasteiger partial charge in [0.25, 0.3) is 0 Å². The fourth-order valence-corrected chi connectivity index (χ4v) is 1.55. The number of H-pyrrole nitrogens is 1. The summed E-state index contributed by atoms with van der Waals surface area (Å²) in [5, 5.41) is 3.75. The number of thioether (sulfide) groups is 1. The van der Waals surface area contributed by atoms with Crippen LogP contribution in [0.5, 0.6) is 0 Å². The molecule has 2 aromatic heterocycles. The number of fused-ring (bicyclic) bond motifs is 1. The van der Waals surface area contributed by atoms with Gasteiger partial charge in [-0.15, -0.1) is 0 Å². The molecule has 6 nitrogen and oxygen atoms in total. The summed E-state index contributed by atoms with van der Waals surface area (Å²) in [6.07, 6.45) is 3.66. The van der Waals surface area contributed by atoms with Gasteiger partial charge in [-0.05, 0) is 6.26 Å². The Bertz CT molecular complexity index is 482. The van der Waals surface area contributed by atoms with Crippen LogP contribution in [0.15, 0.2) is 6.33 Å². The lowest BCUT2D eigenvalue weighted by molar-refractivity contribution is 0.992. The van der Waals surface area contributed by atoms with E-state index in [0.29, 0.717) is 16.7 Å². The maximum absolute atomic E-state index is 5.60. The summed E-state index contributed by atoms with van der Waals surface area (Å²) in [6.45, 7) is 2.97.